The van der Waals surface area contributed by atoms with Crippen LogP contribution in [0.25, 0.3) is 22.4 Å². The largest absolute Gasteiger partial charge is 0.497 e. The van der Waals surface area contributed by atoms with Crippen molar-refractivity contribution in [3.63, 3.8) is 0 Å². The quantitative estimate of drug-likeness (QED) is 0.372. The molecule has 33 heavy (non-hydrogen) atoms. The van der Waals surface area contributed by atoms with Crippen molar-refractivity contribution in [1.82, 2.24) is 4.98 Å². The first-order valence-electron chi connectivity index (χ1n) is 11.7. The van der Waals surface area contributed by atoms with E-state index in [1.54, 1.807) is 0 Å². The van der Waals surface area contributed by atoms with Crippen LogP contribution in [0.5, 0.6) is 0 Å². The van der Waals surface area contributed by atoms with Gasteiger partial charge in [-0.25, -0.2) is 0 Å². The summed E-state index contributed by atoms with van der Waals surface area (Å²) in [5.41, 5.74) is 7.65. The number of fused-ring (bicyclic) bond motifs is 3. The van der Waals surface area contributed by atoms with Gasteiger partial charge in [-0.2, -0.15) is 0 Å². The molecule has 3 aromatic rings. The second kappa shape index (κ2) is 7.50. The number of rotatable bonds is 3. The van der Waals surface area contributed by atoms with E-state index in [0.717, 1.165) is 16.7 Å². The molecule has 0 bridgehead atoms. The Kier molecular flexibility index (Phi) is 5.18. The lowest BCUT2D eigenvalue weighted by molar-refractivity contribution is 0.00578. The highest BCUT2D eigenvalue weighted by Gasteiger charge is 2.52. The fraction of sp³-hybridized carbons (Fsp3) is 0.393. The minimum absolute atomic E-state index is 0.0543. The van der Waals surface area contributed by atoms with Crippen molar-refractivity contribution in [2.75, 3.05) is 13.3 Å². The number of hydrogen-bond acceptors (Lipinski definition) is 3. The molecule has 1 fully saturated rings. The molecule has 2 aliphatic rings. The molecule has 2 heterocycles. The van der Waals surface area contributed by atoms with E-state index < -0.39 is 7.12 Å². The average Bonchev–Trinajstić information content (AvgIpc) is 3.12. The van der Waals surface area contributed by atoms with Gasteiger partial charge in [-0.1, -0.05) is 52.1 Å². The highest BCUT2D eigenvalue weighted by molar-refractivity contribution is 7.64. The summed E-state index contributed by atoms with van der Waals surface area (Å²) in [7, 11) is -0.562. The van der Waals surface area contributed by atoms with Gasteiger partial charge in [0, 0.05) is 22.6 Å². The summed E-state index contributed by atoms with van der Waals surface area (Å²) in [5.74, 6) is 0. The monoisotopic (exact) mass is 457 g/mol. The molecule has 1 aliphatic carbocycles. The Hall–Kier alpha value is -2.00. The zero-order valence-electron chi connectivity index (χ0n) is 21.0. The summed E-state index contributed by atoms with van der Waals surface area (Å²) >= 11 is 0. The maximum Gasteiger partial charge on any atom is 0.497 e. The van der Waals surface area contributed by atoms with Crippen LogP contribution in [0.2, 0.25) is 0 Å². The summed E-state index contributed by atoms with van der Waals surface area (Å²) in [6.07, 6.45) is 1.86. The van der Waals surface area contributed by atoms with E-state index in [9.17, 15) is 0 Å². The molecule has 3 nitrogen and oxygen atoms in total. The molecular weight excluding hydrogens is 424 g/mol. The van der Waals surface area contributed by atoms with Gasteiger partial charge >= 0.3 is 7.12 Å². The van der Waals surface area contributed by atoms with Gasteiger partial charge in [0.15, 0.2) is 0 Å². The van der Waals surface area contributed by atoms with E-state index in [4.69, 9.17) is 14.3 Å². The molecule has 170 valence electrons. The maximum absolute atomic E-state index is 6.37. The average molecular weight is 457 g/mol. The number of pyridine rings is 1. The molecule has 0 unspecified atom stereocenters. The van der Waals surface area contributed by atoms with Crippen LogP contribution in [0.1, 0.15) is 52.7 Å². The predicted octanol–water partition coefficient (Wildman–Crippen LogP) is 5.72. The number of hydrogen-bond donors (Lipinski definition) is 0. The maximum atomic E-state index is 6.37. The van der Waals surface area contributed by atoms with Crippen LogP contribution >= 0.6 is 7.92 Å². The van der Waals surface area contributed by atoms with Crippen molar-refractivity contribution < 1.29 is 9.31 Å². The van der Waals surface area contributed by atoms with Gasteiger partial charge in [0.2, 0.25) is 0 Å². The topological polar surface area (TPSA) is 31.4 Å². The fourth-order valence-electron chi connectivity index (χ4n) is 4.97. The summed E-state index contributed by atoms with van der Waals surface area (Å²) < 4.78 is 12.7. The molecule has 5 heteroatoms. The van der Waals surface area contributed by atoms with Crippen molar-refractivity contribution in [2.45, 2.75) is 58.2 Å². The Labute approximate surface area is 199 Å². The Balaban J connectivity index is 1.59. The van der Waals surface area contributed by atoms with Crippen LogP contribution in [-0.2, 0) is 14.7 Å². The van der Waals surface area contributed by atoms with Gasteiger partial charge < -0.3 is 9.31 Å². The second-order valence-corrected chi connectivity index (χ2v) is 13.3. The predicted molar refractivity (Wildman–Crippen MR) is 141 cm³/mol. The smallest absolute Gasteiger partial charge is 0.399 e. The number of aromatic nitrogens is 1. The highest BCUT2D eigenvalue weighted by Crippen LogP contribution is 2.50. The molecule has 0 spiro atoms. The first kappa shape index (κ1) is 22.8. The summed E-state index contributed by atoms with van der Waals surface area (Å²) in [5, 5.41) is 1.46. The van der Waals surface area contributed by atoms with Gasteiger partial charge in [0.05, 0.1) is 16.9 Å². The highest BCUT2D eigenvalue weighted by atomic mass is 31.1. The summed E-state index contributed by atoms with van der Waals surface area (Å²) in [4.78, 5) is 4.79. The molecule has 0 radical (unpaired) electrons. The number of benzene rings is 2. The van der Waals surface area contributed by atoms with Gasteiger partial charge in [-0.05, 0) is 86.8 Å². The molecule has 0 atom stereocenters. The SMILES string of the molecule is CP(C)c1ccc2c(c1)C(C)(C)c1cc(-c3ncccc3B3OC(C)(C)C(C)(C)O3)ccc1-2. The van der Waals surface area contributed by atoms with Crippen molar-refractivity contribution in [3.8, 4) is 22.4 Å². The lowest BCUT2D eigenvalue weighted by Gasteiger charge is -2.32. The van der Waals surface area contributed by atoms with Crippen molar-refractivity contribution >= 4 is 25.8 Å². The standard InChI is InChI=1S/C28H33BNO2P/c1-26(2)22-16-18(11-13-20(22)21-14-12-19(33(7)8)17-23(21)26)25-24(10-9-15-30-25)29-31-27(3,4)28(5,6)32-29/h9-17H,1-8H3. The molecule has 2 aromatic carbocycles. The van der Waals surface area contributed by atoms with Gasteiger partial charge in [0.1, 0.15) is 0 Å². The van der Waals surface area contributed by atoms with Crippen LogP contribution in [0.3, 0.4) is 0 Å². The molecule has 0 amide bonds. The molecule has 1 saturated heterocycles. The van der Waals surface area contributed by atoms with E-state index in [1.807, 2.05) is 12.3 Å². The lowest BCUT2D eigenvalue weighted by Crippen LogP contribution is -2.41. The molecular formula is C28H33BNO2P. The van der Waals surface area contributed by atoms with Crippen molar-refractivity contribution in [2.24, 2.45) is 0 Å². The van der Waals surface area contributed by atoms with Gasteiger partial charge in [-0.3, -0.25) is 4.98 Å². The molecule has 0 N–H and O–H groups in total. The van der Waals surface area contributed by atoms with E-state index in [1.165, 1.54) is 27.6 Å². The van der Waals surface area contributed by atoms with Crippen LogP contribution in [0.4, 0.5) is 0 Å². The third kappa shape index (κ3) is 3.50. The first-order valence-corrected chi connectivity index (χ1v) is 13.9. The Morgan fingerprint density at radius 3 is 2.03 bits per heavy atom. The zero-order chi connectivity index (χ0) is 23.8. The van der Waals surface area contributed by atoms with Crippen molar-refractivity contribution in [3.05, 3.63) is 65.9 Å². The van der Waals surface area contributed by atoms with E-state index in [0.29, 0.717) is 0 Å². The molecule has 1 aliphatic heterocycles. The third-order valence-corrected chi connectivity index (χ3v) is 9.11. The fourth-order valence-corrected chi connectivity index (χ4v) is 5.73. The summed E-state index contributed by atoms with van der Waals surface area (Å²) in [6.45, 7) is 17.7. The normalized spacial score (nSPS) is 19.6. The van der Waals surface area contributed by atoms with Crippen LogP contribution in [-0.4, -0.2) is 36.6 Å². The van der Waals surface area contributed by atoms with Gasteiger partial charge in [0.25, 0.3) is 0 Å². The van der Waals surface area contributed by atoms with Crippen molar-refractivity contribution in [1.29, 1.82) is 0 Å². The molecule has 1 aromatic heterocycles. The molecule has 5 rings (SSSR count). The van der Waals surface area contributed by atoms with Gasteiger partial charge in [-0.15, -0.1) is 0 Å². The Morgan fingerprint density at radius 1 is 0.788 bits per heavy atom. The lowest BCUT2D eigenvalue weighted by atomic mass is 9.75. The Morgan fingerprint density at radius 2 is 1.39 bits per heavy atom. The van der Waals surface area contributed by atoms with Crippen LogP contribution in [0, 0.1) is 0 Å². The van der Waals surface area contributed by atoms with E-state index >= 15 is 0 Å². The molecule has 0 saturated carbocycles. The summed E-state index contributed by atoms with van der Waals surface area (Å²) in [6, 6.07) is 17.9. The van der Waals surface area contributed by atoms with Crippen LogP contribution < -0.4 is 10.8 Å². The Bertz CT molecular complexity index is 1230. The second-order valence-electron chi connectivity index (χ2n) is 11.0. The number of nitrogens with zero attached hydrogens (tertiary/aromatic N) is 1. The minimum Gasteiger partial charge on any atom is -0.399 e. The minimum atomic E-state index is -0.437. The first-order chi connectivity index (χ1) is 15.4. The van der Waals surface area contributed by atoms with Crippen LogP contribution in [0.15, 0.2) is 54.7 Å². The third-order valence-electron chi connectivity index (χ3n) is 7.80. The zero-order valence-corrected chi connectivity index (χ0v) is 21.9. The van der Waals surface area contributed by atoms with E-state index in [2.05, 4.69) is 97.3 Å². The van der Waals surface area contributed by atoms with E-state index in [-0.39, 0.29) is 24.5 Å².